The molecule has 0 atom stereocenters. The molecule has 228 valence electrons. The van der Waals surface area contributed by atoms with Crippen molar-refractivity contribution in [3.05, 3.63) is 146 Å². The van der Waals surface area contributed by atoms with Gasteiger partial charge in [0.25, 0.3) is 5.24 Å². The Balaban J connectivity index is 0.000000170. The summed E-state index contributed by atoms with van der Waals surface area (Å²) in [6.07, 6.45) is 0.361. The van der Waals surface area contributed by atoms with Crippen LogP contribution < -0.4 is 5.73 Å². The Labute approximate surface area is 277 Å². The number of halogens is 1. The van der Waals surface area contributed by atoms with Crippen molar-refractivity contribution in [1.29, 1.82) is 0 Å². The minimum Gasteiger partial charge on any atom is -0.375 e. The first-order valence-corrected chi connectivity index (χ1v) is 16.4. The van der Waals surface area contributed by atoms with E-state index in [4.69, 9.17) is 17.3 Å². The van der Waals surface area contributed by atoms with Gasteiger partial charge in [0.1, 0.15) is 5.01 Å². The molecule has 2 N–H and O–H groups in total. The van der Waals surface area contributed by atoms with Crippen molar-refractivity contribution in [3.63, 3.8) is 0 Å². The molecule has 0 aliphatic heterocycles. The third kappa shape index (κ3) is 10.3. The summed E-state index contributed by atoms with van der Waals surface area (Å²) in [5.74, 6) is 0.116. The van der Waals surface area contributed by atoms with Crippen LogP contribution in [0.1, 0.15) is 48.0 Å². The van der Waals surface area contributed by atoms with Gasteiger partial charge in [0.15, 0.2) is 10.9 Å². The van der Waals surface area contributed by atoms with Crippen molar-refractivity contribution >= 4 is 50.4 Å². The minimum atomic E-state index is -0.403. The molecule has 0 saturated heterocycles. The lowest BCUT2D eigenvalue weighted by Crippen LogP contribution is -2.03. The number of aromatic nitrogens is 2. The van der Waals surface area contributed by atoms with Gasteiger partial charge in [-0.25, -0.2) is 9.97 Å². The molecule has 0 radical (unpaired) electrons. The number of aryl methyl sites for hydroxylation is 4. The topological polar surface area (TPSA) is 85.9 Å². The van der Waals surface area contributed by atoms with Gasteiger partial charge in [0, 0.05) is 33.0 Å². The highest BCUT2D eigenvalue weighted by Crippen LogP contribution is 2.24. The van der Waals surface area contributed by atoms with Gasteiger partial charge in [-0.15, -0.1) is 22.7 Å². The smallest absolute Gasteiger partial charge is 0.252 e. The summed E-state index contributed by atoms with van der Waals surface area (Å²) in [6.45, 7) is 8.11. The van der Waals surface area contributed by atoms with Crippen LogP contribution in [0.25, 0.3) is 22.5 Å². The molecular formula is C37H34ClN3O2S2. The van der Waals surface area contributed by atoms with Gasteiger partial charge in [0.05, 0.1) is 17.8 Å². The molecule has 4 aromatic carbocycles. The maximum atomic E-state index is 12.3. The standard InChI is InChI=1S/C19H17NOS.C10H10N2S.C8H7ClO/c1-13-3-7-15(8-4-13)17-12-22-19(20-17)11-18(21)16-9-5-14(2)6-10-16;1-7-2-4-8(5-3-7)9-6-13-10(11)12-9;1-6-2-4-7(5-3-6)8(9)10/h3-10,12H,11H2,1-2H3;2-6H,1H3,(H2,11,12);2-5H,1H3. The van der Waals surface area contributed by atoms with E-state index in [1.807, 2.05) is 61.0 Å². The molecule has 6 aromatic rings. The Morgan fingerprint density at radius 1 is 0.600 bits per heavy atom. The second-order valence-electron chi connectivity index (χ2n) is 10.5. The summed E-state index contributed by atoms with van der Waals surface area (Å²) in [7, 11) is 0. The van der Waals surface area contributed by atoms with Gasteiger partial charge in [-0.05, 0) is 51.4 Å². The number of Topliss-reactive ketones (excluding diaryl/α,β-unsaturated/α-hetero) is 1. The molecule has 0 spiro atoms. The van der Waals surface area contributed by atoms with Gasteiger partial charge < -0.3 is 5.73 Å². The SMILES string of the molecule is Cc1ccc(-c2csc(N)n2)cc1.Cc1ccc(C(=O)Cc2nc(-c3ccc(C)cc3)cs2)cc1.Cc1ccc(C(=O)Cl)cc1. The highest BCUT2D eigenvalue weighted by molar-refractivity contribution is 7.13. The zero-order valence-electron chi connectivity index (χ0n) is 25.6. The number of hydrogen-bond acceptors (Lipinski definition) is 7. The Bertz CT molecular complexity index is 1840. The Kier molecular flexibility index (Phi) is 11.9. The number of nitrogens with two attached hydrogens (primary N) is 1. The van der Waals surface area contributed by atoms with Crippen LogP contribution in [0.5, 0.6) is 0 Å². The molecule has 0 unspecified atom stereocenters. The normalized spacial score (nSPS) is 10.2. The average Bonchev–Trinajstić information content (AvgIpc) is 3.68. The van der Waals surface area contributed by atoms with Crippen LogP contribution in [0.3, 0.4) is 0 Å². The van der Waals surface area contributed by atoms with Gasteiger partial charge >= 0.3 is 0 Å². The maximum Gasteiger partial charge on any atom is 0.252 e. The predicted molar refractivity (Wildman–Crippen MR) is 190 cm³/mol. The maximum absolute atomic E-state index is 12.3. The first kappa shape index (κ1) is 33.5. The number of anilines is 1. The van der Waals surface area contributed by atoms with E-state index in [-0.39, 0.29) is 5.78 Å². The summed E-state index contributed by atoms with van der Waals surface area (Å²) >= 11 is 8.23. The van der Waals surface area contributed by atoms with E-state index in [9.17, 15) is 9.59 Å². The number of carbonyl (C=O) groups is 2. The Morgan fingerprint density at radius 3 is 1.42 bits per heavy atom. The molecule has 0 bridgehead atoms. The Hall–Kier alpha value is -4.43. The van der Waals surface area contributed by atoms with Crippen molar-refractivity contribution in [3.8, 4) is 22.5 Å². The van der Waals surface area contributed by atoms with E-state index in [2.05, 4.69) is 72.3 Å². The third-order valence-corrected chi connectivity index (χ3v) is 8.47. The van der Waals surface area contributed by atoms with Crippen LogP contribution in [0.2, 0.25) is 0 Å². The molecule has 0 fully saturated rings. The largest absolute Gasteiger partial charge is 0.375 e. The third-order valence-electron chi connectivity index (χ3n) is 6.73. The highest BCUT2D eigenvalue weighted by atomic mass is 35.5. The fourth-order valence-electron chi connectivity index (χ4n) is 4.06. The van der Waals surface area contributed by atoms with E-state index in [1.165, 1.54) is 22.5 Å². The van der Waals surface area contributed by atoms with Crippen molar-refractivity contribution in [2.45, 2.75) is 34.1 Å². The van der Waals surface area contributed by atoms with Crippen molar-refractivity contribution in [1.82, 2.24) is 9.97 Å². The summed E-state index contributed by atoms with van der Waals surface area (Å²) in [5, 5.41) is 5.07. The van der Waals surface area contributed by atoms with E-state index in [0.29, 0.717) is 17.1 Å². The number of rotatable bonds is 6. The van der Waals surface area contributed by atoms with Crippen LogP contribution >= 0.6 is 34.3 Å². The van der Waals surface area contributed by atoms with Crippen molar-refractivity contribution in [2.24, 2.45) is 0 Å². The van der Waals surface area contributed by atoms with Crippen LogP contribution in [-0.2, 0) is 6.42 Å². The van der Waals surface area contributed by atoms with Crippen molar-refractivity contribution < 1.29 is 9.59 Å². The number of ketones is 1. The van der Waals surface area contributed by atoms with Gasteiger partial charge in [-0.2, -0.15) is 0 Å². The number of nitrogens with zero attached hydrogens (tertiary/aromatic N) is 2. The molecule has 0 aliphatic rings. The first-order chi connectivity index (χ1) is 21.6. The fraction of sp³-hybridized carbons (Fsp3) is 0.135. The van der Waals surface area contributed by atoms with Crippen LogP contribution in [-0.4, -0.2) is 21.0 Å². The van der Waals surface area contributed by atoms with E-state index < -0.39 is 5.24 Å². The molecule has 0 saturated carbocycles. The van der Waals surface area contributed by atoms with E-state index >= 15 is 0 Å². The van der Waals surface area contributed by atoms with E-state index in [0.717, 1.165) is 44.2 Å². The molecule has 0 amide bonds. The number of nitrogen functional groups attached to an aromatic ring is 1. The summed E-state index contributed by atoms with van der Waals surface area (Å²) in [6, 6.07) is 31.4. The summed E-state index contributed by atoms with van der Waals surface area (Å²) in [4.78, 5) is 31.6. The van der Waals surface area contributed by atoms with Crippen LogP contribution in [0.4, 0.5) is 5.13 Å². The van der Waals surface area contributed by atoms with Gasteiger partial charge in [0.2, 0.25) is 0 Å². The Morgan fingerprint density at radius 2 is 1.00 bits per heavy atom. The minimum absolute atomic E-state index is 0.116. The molecule has 6 rings (SSSR count). The predicted octanol–water partition coefficient (Wildman–Crippen LogP) is 9.93. The van der Waals surface area contributed by atoms with Crippen LogP contribution in [0.15, 0.2) is 108 Å². The zero-order valence-corrected chi connectivity index (χ0v) is 28.0. The molecule has 8 heteroatoms. The second-order valence-corrected chi connectivity index (χ2v) is 12.7. The quantitative estimate of drug-likeness (QED) is 0.143. The number of carbonyl (C=O) groups excluding carboxylic acids is 2. The number of thiazole rings is 2. The molecule has 0 aliphatic carbocycles. The monoisotopic (exact) mass is 651 g/mol. The van der Waals surface area contributed by atoms with Crippen molar-refractivity contribution in [2.75, 3.05) is 5.73 Å². The molecule has 2 heterocycles. The molecule has 5 nitrogen and oxygen atoms in total. The lowest BCUT2D eigenvalue weighted by Gasteiger charge is -2.00. The highest BCUT2D eigenvalue weighted by Gasteiger charge is 2.11. The second kappa shape index (κ2) is 16.0. The van der Waals surface area contributed by atoms with Crippen LogP contribution in [0, 0.1) is 27.7 Å². The lowest BCUT2D eigenvalue weighted by atomic mass is 10.1. The summed E-state index contributed by atoms with van der Waals surface area (Å²) in [5.41, 5.74) is 15.7. The number of benzene rings is 4. The molecular weight excluding hydrogens is 618 g/mol. The number of hydrogen-bond donors (Lipinski definition) is 1. The van der Waals surface area contributed by atoms with Gasteiger partial charge in [-0.3, -0.25) is 9.59 Å². The average molecular weight is 652 g/mol. The molecule has 45 heavy (non-hydrogen) atoms. The zero-order chi connectivity index (χ0) is 32.3. The lowest BCUT2D eigenvalue weighted by molar-refractivity contribution is 0.0992. The first-order valence-electron chi connectivity index (χ1n) is 14.2. The molecule has 2 aromatic heterocycles. The van der Waals surface area contributed by atoms with Gasteiger partial charge in [-0.1, -0.05) is 107 Å². The summed E-state index contributed by atoms with van der Waals surface area (Å²) < 4.78 is 0. The fourth-order valence-corrected chi connectivity index (χ4v) is 5.56. The van der Waals surface area contributed by atoms with E-state index in [1.54, 1.807) is 23.5 Å².